The molecular formula is C23H41ClN2O4. The third-order valence-corrected chi connectivity index (χ3v) is 4.87. The van der Waals surface area contributed by atoms with Crippen molar-refractivity contribution in [2.75, 3.05) is 44.8 Å². The van der Waals surface area contributed by atoms with Gasteiger partial charge in [-0.05, 0) is 38.8 Å². The SMILES string of the molecule is CCCCCOc1ccccc1NC(=O)OC(COCCCC)C[NH+](CC)CC.[Cl-]. The lowest BCUT2D eigenvalue weighted by Gasteiger charge is -2.23. The maximum absolute atomic E-state index is 12.5. The molecule has 7 heteroatoms. The van der Waals surface area contributed by atoms with Crippen LogP contribution in [0.4, 0.5) is 10.5 Å². The van der Waals surface area contributed by atoms with Crippen molar-refractivity contribution in [1.82, 2.24) is 0 Å². The van der Waals surface area contributed by atoms with Gasteiger partial charge in [-0.2, -0.15) is 0 Å². The Morgan fingerprint density at radius 2 is 1.70 bits per heavy atom. The summed E-state index contributed by atoms with van der Waals surface area (Å²) in [6, 6.07) is 7.48. The topological polar surface area (TPSA) is 61.2 Å². The quantitative estimate of drug-likeness (QED) is 0.372. The van der Waals surface area contributed by atoms with E-state index in [0.717, 1.165) is 51.7 Å². The number of carbonyl (C=O) groups is 1. The zero-order valence-corrected chi connectivity index (χ0v) is 19.9. The number of hydrogen-bond acceptors (Lipinski definition) is 4. The number of hydrogen-bond donors (Lipinski definition) is 2. The van der Waals surface area contributed by atoms with Gasteiger partial charge in [0.25, 0.3) is 0 Å². The van der Waals surface area contributed by atoms with Crippen molar-refractivity contribution in [3.8, 4) is 5.75 Å². The molecule has 0 aliphatic rings. The molecule has 1 rings (SSSR count). The molecule has 6 nitrogen and oxygen atoms in total. The smallest absolute Gasteiger partial charge is 0.412 e. The summed E-state index contributed by atoms with van der Waals surface area (Å²) in [7, 11) is 0. The molecule has 0 aromatic heterocycles. The lowest BCUT2D eigenvalue weighted by molar-refractivity contribution is -0.899. The molecule has 1 aromatic rings. The number of nitrogens with one attached hydrogen (secondary N) is 2. The highest BCUT2D eigenvalue weighted by Crippen LogP contribution is 2.24. The summed E-state index contributed by atoms with van der Waals surface area (Å²) in [5, 5.41) is 2.84. The van der Waals surface area contributed by atoms with Gasteiger partial charge in [-0.25, -0.2) is 4.79 Å². The van der Waals surface area contributed by atoms with Crippen LogP contribution in [-0.2, 0) is 9.47 Å². The number of anilines is 1. The molecule has 0 fully saturated rings. The fourth-order valence-electron chi connectivity index (χ4n) is 2.98. The van der Waals surface area contributed by atoms with E-state index >= 15 is 0 Å². The normalized spacial score (nSPS) is 11.6. The van der Waals surface area contributed by atoms with Gasteiger partial charge in [-0.15, -0.1) is 0 Å². The first kappa shape index (κ1) is 28.5. The molecule has 0 aliphatic carbocycles. The fraction of sp³-hybridized carbons (Fsp3) is 0.696. The molecular weight excluding hydrogens is 404 g/mol. The third-order valence-electron chi connectivity index (χ3n) is 4.87. The van der Waals surface area contributed by atoms with Crippen molar-refractivity contribution >= 4 is 11.8 Å². The van der Waals surface area contributed by atoms with Crippen LogP contribution in [0, 0.1) is 0 Å². The average Bonchev–Trinajstić information content (AvgIpc) is 2.73. The monoisotopic (exact) mass is 444 g/mol. The van der Waals surface area contributed by atoms with Gasteiger partial charge in [0, 0.05) is 6.61 Å². The second kappa shape index (κ2) is 18.3. The maximum Gasteiger partial charge on any atom is 0.412 e. The van der Waals surface area contributed by atoms with Crippen molar-refractivity contribution in [3.05, 3.63) is 24.3 Å². The van der Waals surface area contributed by atoms with E-state index in [4.69, 9.17) is 14.2 Å². The highest BCUT2D eigenvalue weighted by Gasteiger charge is 2.21. The van der Waals surface area contributed by atoms with E-state index in [1.807, 2.05) is 24.3 Å². The number of ether oxygens (including phenoxy) is 3. The minimum Gasteiger partial charge on any atom is -1.00 e. The van der Waals surface area contributed by atoms with E-state index in [1.54, 1.807) is 0 Å². The lowest BCUT2D eigenvalue weighted by atomic mass is 10.2. The van der Waals surface area contributed by atoms with E-state index in [-0.39, 0.29) is 18.5 Å². The molecule has 0 bridgehead atoms. The molecule has 0 saturated heterocycles. The number of rotatable bonds is 16. The Morgan fingerprint density at radius 1 is 1.00 bits per heavy atom. The van der Waals surface area contributed by atoms with Crippen molar-refractivity contribution in [1.29, 1.82) is 0 Å². The summed E-state index contributed by atoms with van der Waals surface area (Å²) < 4.78 is 17.3. The number of halogens is 1. The van der Waals surface area contributed by atoms with Gasteiger partial charge in [0.05, 0.1) is 32.0 Å². The van der Waals surface area contributed by atoms with Crippen LogP contribution in [0.2, 0.25) is 0 Å². The highest BCUT2D eigenvalue weighted by molar-refractivity contribution is 5.86. The van der Waals surface area contributed by atoms with Crippen LogP contribution in [0.15, 0.2) is 24.3 Å². The van der Waals surface area contributed by atoms with E-state index in [0.29, 0.717) is 31.3 Å². The van der Waals surface area contributed by atoms with Gasteiger partial charge in [0.15, 0.2) is 6.10 Å². The lowest BCUT2D eigenvalue weighted by Crippen LogP contribution is -3.12. The summed E-state index contributed by atoms with van der Waals surface area (Å²) in [5.74, 6) is 0.672. The van der Waals surface area contributed by atoms with Crippen LogP contribution in [0.1, 0.15) is 59.8 Å². The Labute approximate surface area is 189 Å². The second-order valence-corrected chi connectivity index (χ2v) is 7.29. The van der Waals surface area contributed by atoms with Crippen molar-refractivity contribution < 1.29 is 36.3 Å². The van der Waals surface area contributed by atoms with E-state index in [2.05, 4.69) is 33.0 Å². The molecule has 1 unspecified atom stereocenters. The number of amides is 1. The first-order valence-electron chi connectivity index (χ1n) is 11.2. The Morgan fingerprint density at radius 3 is 2.37 bits per heavy atom. The third kappa shape index (κ3) is 12.3. The molecule has 1 atom stereocenters. The standard InChI is InChI=1S/C23H40N2O4.ClH/c1-5-9-13-17-28-22-15-12-11-14-21(22)24-23(26)29-20(18-25(7-3)8-4)19-27-16-10-6-2;/h11-12,14-15,20H,5-10,13,16-19H2,1-4H3,(H,24,26);1H. The Balaban J connectivity index is 0.00000841. The van der Waals surface area contributed by atoms with Crippen molar-refractivity contribution in [2.24, 2.45) is 0 Å². The summed E-state index contributed by atoms with van der Waals surface area (Å²) in [5.41, 5.74) is 0.634. The Bertz CT molecular complexity index is 556. The van der Waals surface area contributed by atoms with Crippen molar-refractivity contribution in [3.63, 3.8) is 0 Å². The van der Waals surface area contributed by atoms with Crippen LogP contribution in [0.3, 0.4) is 0 Å². The van der Waals surface area contributed by atoms with Gasteiger partial charge >= 0.3 is 6.09 Å². The number of unbranched alkanes of at least 4 members (excludes halogenated alkanes) is 3. The zero-order valence-electron chi connectivity index (χ0n) is 19.2. The van der Waals surface area contributed by atoms with E-state index in [9.17, 15) is 4.79 Å². The van der Waals surface area contributed by atoms with Crippen LogP contribution >= 0.6 is 0 Å². The molecule has 174 valence electrons. The summed E-state index contributed by atoms with van der Waals surface area (Å²) in [4.78, 5) is 13.9. The zero-order chi connectivity index (χ0) is 21.3. The predicted octanol–water partition coefficient (Wildman–Crippen LogP) is 0.918. The van der Waals surface area contributed by atoms with Crippen LogP contribution in [-0.4, -0.2) is 51.7 Å². The summed E-state index contributed by atoms with van der Waals surface area (Å²) in [6.45, 7) is 13.0. The molecule has 0 heterocycles. The number of para-hydroxylation sites is 2. The number of benzene rings is 1. The van der Waals surface area contributed by atoms with E-state index in [1.165, 1.54) is 4.90 Å². The minimum atomic E-state index is -0.467. The van der Waals surface area contributed by atoms with E-state index < -0.39 is 6.09 Å². The second-order valence-electron chi connectivity index (χ2n) is 7.29. The van der Waals surface area contributed by atoms with Gasteiger partial charge in [-0.1, -0.05) is 45.2 Å². The van der Waals surface area contributed by atoms with Gasteiger partial charge in [-0.3, -0.25) is 5.32 Å². The van der Waals surface area contributed by atoms with Crippen LogP contribution in [0.5, 0.6) is 5.75 Å². The molecule has 30 heavy (non-hydrogen) atoms. The van der Waals surface area contributed by atoms with Gasteiger partial charge < -0.3 is 31.5 Å². The Kier molecular flexibility index (Phi) is 17.4. The largest absolute Gasteiger partial charge is 1.00 e. The van der Waals surface area contributed by atoms with Crippen LogP contribution in [0.25, 0.3) is 0 Å². The van der Waals surface area contributed by atoms with Crippen LogP contribution < -0.4 is 27.4 Å². The molecule has 2 N–H and O–H groups in total. The minimum absolute atomic E-state index is 0. The highest BCUT2D eigenvalue weighted by atomic mass is 35.5. The number of likely N-dealkylation sites (N-methyl/N-ethyl adjacent to an activating group) is 1. The summed E-state index contributed by atoms with van der Waals surface area (Å²) >= 11 is 0. The fourth-order valence-corrected chi connectivity index (χ4v) is 2.98. The van der Waals surface area contributed by atoms with Gasteiger partial charge in [0.2, 0.25) is 0 Å². The first-order chi connectivity index (χ1) is 14.1. The number of quaternary nitrogens is 1. The first-order valence-corrected chi connectivity index (χ1v) is 11.2. The summed E-state index contributed by atoms with van der Waals surface area (Å²) in [6.07, 6.45) is 4.63. The molecule has 0 saturated carbocycles. The predicted molar refractivity (Wildman–Crippen MR) is 118 cm³/mol. The van der Waals surface area contributed by atoms with Crippen molar-refractivity contribution in [2.45, 2.75) is 65.9 Å². The number of carbonyl (C=O) groups excluding carboxylic acids is 1. The average molecular weight is 445 g/mol. The van der Waals surface area contributed by atoms with Gasteiger partial charge in [0.1, 0.15) is 12.3 Å². The molecule has 0 spiro atoms. The molecule has 0 radical (unpaired) electrons. The maximum atomic E-state index is 12.5. The molecule has 1 aromatic carbocycles. The molecule has 0 aliphatic heterocycles. The molecule has 1 amide bonds. The Hall–Kier alpha value is -1.50.